The topological polar surface area (TPSA) is 51.2 Å². The first-order chi connectivity index (χ1) is 7.22. The highest BCUT2D eigenvalue weighted by Gasteiger charge is 2.02. The van der Waals surface area contributed by atoms with E-state index in [1.165, 1.54) is 0 Å². The second-order valence-corrected chi connectivity index (χ2v) is 3.28. The van der Waals surface area contributed by atoms with Gasteiger partial charge in [-0.05, 0) is 25.5 Å². The van der Waals surface area contributed by atoms with Gasteiger partial charge in [0.05, 0.1) is 6.61 Å². The maximum atomic E-state index is 11.2. The molecule has 1 aromatic heterocycles. The predicted octanol–water partition coefficient (Wildman–Crippen LogP) is 2.74. The van der Waals surface area contributed by atoms with E-state index in [0.29, 0.717) is 12.4 Å². The Kier molecular flexibility index (Phi) is 4.60. The van der Waals surface area contributed by atoms with Crippen molar-refractivity contribution in [3.63, 3.8) is 0 Å². The summed E-state index contributed by atoms with van der Waals surface area (Å²) in [6.45, 7) is 4.37. The molecule has 15 heavy (non-hydrogen) atoms. The van der Waals surface area contributed by atoms with Gasteiger partial charge >= 0.3 is 6.09 Å². The van der Waals surface area contributed by atoms with Gasteiger partial charge in [-0.3, -0.25) is 5.32 Å². The third kappa shape index (κ3) is 4.44. The van der Waals surface area contributed by atoms with Crippen molar-refractivity contribution in [2.75, 3.05) is 11.9 Å². The molecule has 0 aromatic carbocycles. The molecule has 0 aliphatic carbocycles. The van der Waals surface area contributed by atoms with Crippen molar-refractivity contribution in [1.82, 2.24) is 4.98 Å². The predicted molar refractivity (Wildman–Crippen MR) is 58.9 cm³/mol. The molecular formula is C11H16N2O2. The molecule has 0 saturated carbocycles. The highest BCUT2D eigenvalue weighted by Crippen LogP contribution is 2.04. The van der Waals surface area contributed by atoms with Gasteiger partial charge in [-0.15, -0.1) is 0 Å². The molecule has 4 heteroatoms. The normalized spacial score (nSPS) is 9.73. The summed E-state index contributed by atoms with van der Waals surface area (Å²) >= 11 is 0. The molecule has 1 rings (SSSR count). The van der Waals surface area contributed by atoms with Gasteiger partial charge in [0.25, 0.3) is 0 Å². The van der Waals surface area contributed by atoms with Crippen molar-refractivity contribution in [3.8, 4) is 0 Å². The molecule has 1 heterocycles. The van der Waals surface area contributed by atoms with E-state index in [4.69, 9.17) is 4.74 Å². The average Bonchev–Trinajstić information content (AvgIpc) is 2.18. The number of pyridine rings is 1. The van der Waals surface area contributed by atoms with Crippen molar-refractivity contribution < 1.29 is 9.53 Å². The molecule has 0 aliphatic rings. The molecule has 0 spiro atoms. The number of nitrogens with one attached hydrogen (secondary N) is 1. The fraction of sp³-hybridized carbons (Fsp3) is 0.455. The quantitative estimate of drug-likeness (QED) is 0.774. The lowest BCUT2D eigenvalue weighted by Gasteiger charge is -2.05. The van der Waals surface area contributed by atoms with Gasteiger partial charge in [0.15, 0.2) is 0 Å². The number of nitrogens with zero attached hydrogens (tertiary/aromatic N) is 1. The van der Waals surface area contributed by atoms with Gasteiger partial charge in [-0.25, -0.2) is 9.78 Å². The zero-order chi connectivity index (χ0) is 11.1. The smallest absolute Gasteiger partial charge is 0.412 e. The number of anilines is 1. The van der Waals surface area contributed by atoms with Crippen molar-refractivity contribution in [1.29, 1.82) is 0 Å². The number of hydrogen-bond donors (Lipinski definition) is 1. The highest BCUT2D eigenvalue weighted by molar-refractivity contribution is 5.83. The molecule has 0 aliphatic heterocycles. The van der Waals surface area contributed by atoms with Gasteiger partial charge in [0.1, 0.15) is 5.82 Å². The zero-order valence-corrected chi connectivity index (χ0v) is 9.12. The van der Waals surface area contributed by atoms with Crippen LogP contribution >= 0.6 is 0 Å². The molecule has 82 valence electrons. The number of rotatable bonds is 4. The number of aromatic nitrogens is 1. The van der Waals surface area contributed by atoms with Crippen molar-refractivity contribution >= 4 is 11.9 Å². The van der Waals surface area contributed by atoms with E-state index < -0.39 is 6.09 Å². The van der Waals surface area contributed by atoms with Gasteiger partial charge < -0.3 is 4.74 Å². The minimum Gasteiger partial charge on any atom is -0.449 e. The maximum Gasteiger partial charge on any atom is 0.412 e. The first-order valence-electron chi connectivity index (χ1n) is 5.10. The lowest BCUT2D eigenvalue weighted by Crippen LogP contribution is -2.15. The SMILES string of the molecule is CCCCOC(=O)Nc1cccc(C)n1. The number of hydrogen-bond acceptors (Lipinski definition) is 3. The highest BCUT2D eigenvalue weighted by atomic mass is 16.5. The summed E-state index contributed by atoms with van der Waals surface area (Å²) in [5.74, 6) is 0.525. The van der Waals surface area contributed by atoms with Crippen LogP contribution < -0.4 is 5.32 Å². The number of aryl methyl sites for hydroxylation is 1. The lowest BCUT2D eigenvalue weighted by atomic mass is 10.4. The van der Waals surface area contributed by atoms with Crippen LogP contribution in [0.25, 0.3) is 0 Å². The molecular weight excluding hydrogens is 192 g/mol. The monoisotopic (exact) mass is 208 g/mol. The number of unbranched alkanes of at least 4 members (excludes halogenated alkanes) is 1. The summed E-state index contributed by atoms with van der Waals surface area (Å²) in [6, 6.07) is 5.44. The summed E-state index contributed by atoms with van der Waals surface area (Å²) in [5.41, 5.74) is 0.862. The average molecular weight is 208 g/mol. The lowest BCUT2D eigenvalue weighted by molar-refractivity contribution is 0.160. The minimum atomic E-state index is -0.443. The molecule has 0 bridgehead atoms. The number of carbonyl (C=O) groups excluding carboxylic acids is 1. The largest absolute Gasteiger partial charge is 0.449 e. The summed E-state index contributed by atoms with van der Waals surface area (Å²) in [5, 5.41) is 2.57. The molecule has 4 nitrogen and oxygen atoms in total. The van der Waals surface area contributed by atoms with E-state index in [9.17, 15) is 4.79 Å². The van der Waals surface area contributed by atoms with E-state index in [1.54, 1.807) is 6.07 Å². The van der Waals surface area contributed by atoms with Crippen molar-refractivity contribution in [2.24, 2.45) is 0 Å². The van der Waals surface area contributed by atoms with Gasteiger partial charge in [0.2, 0.25) is 0 Å². The van der Waals surface area contributed by atoms with Gasteiger partial charge in [0, 0.05) is 5.69 Å². The Bertz CT molecular complexity index is 326. The van der Waals surface area contributed by atoms with Crippen LogP contribution in [0.3, 0.4) is 0 Å². The molecule has 0 atom stereocenters. The summed E-state index contributed by atoms with van der Waals surface area (Å²) in [4.78, 5) is 15.4. The molecule has 1 aromatic rings. The Balaban J connectivity index is 2.37. The van der Waals surface area contributed by atoms with Crippen LogP contribution in [0, 0.1) is 6.92 Å². The van der Waals surface area contributed by atoms with Crippen molar-refractivity contribution in [2.45, 2.75) is 26.7 Å². The third-order valence-corrected chi connectivity index (χ3v) is 1.85. The standard InChI is InChI=1S/C11H16N2O2/c1-3-4-8-15-11(14)13-10-7-5-6-9(2)12-10/h5-7H,3-4,8H2,1-2H3,(H,12,13,14). The first-order valence-corrected chi connectivity index (χ1v) is 5.10. The summed E-state index contributed by atoms with van der Waals surface area (Å²) in [7, 11) is 0. The van der Waals surface area contributed by atoms with E-state index in [2.05, 4.69) is 10.3 Å². The number of ether oxygens (including phenoxy) is 1. The Morgan fingerprint density at radius 1 is 1.53 bits per heavy atom. The van der Waals surface area contributed by atoms with Crippen molar-refractivity contribution in [3.05, 3.63) is 23.9 Å². The second-order valence-electron chi connectivity index (χ2n) is 3.28. The van der Waals surface area contributed by atoms with Crippen LogP contribution in [0.4, 0.5) is 10.6 Å². The van der Waals surface area contributed by atoms with E-state index in [-0.39, 0.29) is 0 Å². The molecule has 0 radical (unpaired) electrons. The minimum absolute atomic E-state index is 0.443. The number of carbonyl (C=O) groups is 1. The second kappa shape index (κ2) is 6.01. The van der Waals surface area contributed by atoms with Gasteiger partial charge in [-0.1, -0.05) is 19.4 Å². The van der Waals surface area contributed by atoms with Crippen LogP contribution in [0.2, 0.25) is 0 Å². The Morgan fingerprint density at radius 3 is 3.00 bits per heavy atom. The molecule has 0 fully saturated rings. The van der Waals surface area contributed by atoms with Crippen LogP contribution in [-0.2, 0) is 4.74 Å². The van der Waals surface area contributed by atoms with Gasteiger partial charge in [-0.2, -0.15) is 0 Å². The zero-order valence-electron chi connectivity index (χ0n) is 9.12. The first kappa shape index (κ1) is 11.5. The molecule has 0 saturated heterocycles. The number of amides is 1. The Hall–Kier alpha value is -1.58. The molecule has 1 amide bonds. The molecule has 0 unspecified atom stereocenters. The van der Waals surface area contributed by atoms with Crippen LogP contribution in [-0.4, -0.2) is 17.7 Å². The van der Waals surface area contributed by atoms with Crippen LogP contribution in [0.1, 0.15) is 25.5 Å². The maximum absolute atomic E-state index is 11.2. The third-order valence-electron chi connectivity index (χ3n) is 1.85. The van der Waals surface area contributed by atoms with E-state index >= 15 is 0 Å². The molecule has 1 N–H and O–H groups in total. The Morgan fingerprint density at radius 2 is 2.33 bits per heavy atom. The van der Waals surface area contributed by atoms with Crippen LogP contribution in [0.5, 0.6) is 0 Å². The summed E-state index contributed by atoms with van der Waals surface area (Å²) in [6.07, 6.45) is 1.45. The Labute approximate surface area is 89.7 Å². The van der Waals surface area contributed by atoms with E-state index in [1.807, 2.05) is 26.0 Å². The fourth-order valence-corrected chi connectivity index (χ4v) is 1.06. The van der Waals surface area contributed by atoms with E-state index in [0.717, 1.165) is 18.5 Å². The fourth-order valence-electron chi connectivity index (χ4n) is 1.06. The summed E-state index contributed by atoms with van der Waals surface area (Å²) < 4.78 is 4.94. The van der Waals surface area contributed by atoms with Crippen LogP contribution in [0.15, 0.2) is 18.2 Å².